The molecule has 0 amide bonds. The molecular formula is C17H35NO6S. The molecular weight excluding hydrogens is 346 g/mol. The number of hydrogen-bond acceptors (Lipinski definition) is 6. The van der Waals surface area contributed by atoms with Gasteiger partial charge in [0.15, 0.2) is 0 Å². The average molecular weight is 382 g/mol. The van der Waals surface area contributed by atoms with Gasteiger partial charge in [0, 0.05) is 6.42 Å². The molecule has 1 atom stereocenters. The summed E-state index contributed by atoms with van der Waals surface area (Å²) < 4.78 is 34.1. The fourth-order valence-electron chi connectivity index (χ4n) is 2.29. The first-order chi connectivity index (χ1) is 11.8. The van der Waals surface area contributed by atoms with Gasteiger partial charge in [-0.05, 0) is 12.3 Å². The lowest BCUT2D eigenvalue weighted by Crippen LogP contribution is -2.39. The van der Waals surface area contributed by atoms with Crippen LogP contribution in [0, 0.1) is 5.92 Å². The third-order valence-corrected chi connectivity index (χ3v) is 4.44. The molecule has 0 aromatic carbocycles. The molecule has 0 aliphatic heterocycles. The van der Waals surface area contributed by atoms with E-state index in [4.69, 9.17) is 9.39 Å². The first kappa shape index (κ1) is 24.3. The molecule has 0 fully saturated rings. The molecule has 0 saturated heterocycles. The largest absolute Gasteiger partial charge is 0.397 e. The topological polar surface area (TPSA) is 102 Å². The van der Waals surface area contributed by atoms with Gasteiger partial charge in [-0.2, -0.15) is 8.42 Å². The van der Waals surface area contributed by atoms with Crippen LogP contribution in [-0.2, 0) is 24.2 Å². The van der Waals surface area contributed by atoms with Crippen molar-refractivity contribution in [2.24, 2.45) is 5.92 Å². The maximum atomic E-state index is 11.7. The molecule has 150 valence electrons. The molecule has 0 aliphatic rings. The van der Waals surface area contributed by atoms with Gasteiger partial charge in [-0.1, -0.05) is 72.1 Å². The van der Waals surface area contributed by atoms with Crippen LogP contribution in [0.2, 0.25) is 0 Å². The Labute approximate surface area is 152 Å². The van der Waals surface area contributed by atoms with Crippen LogP contribution in [0.4, 0.5) is 0 Å². The normalized spacial score (nSPS) is 13.2. The van der Waals surface area contributed by atoms with Crippen LogP contribution in [0.3, 0.4) is 0 Å². The lowest BCUT2D eigenvalue weighted by Gasteiger charge is -2.20. The van der Waals surface area contributed by atoms with Crippen molar-refractivity contribution in [2.75, 3.05) is 6.61 Å². The van der Waals surface area contributed by atoms with E-state index in [1.165, 1.54) is 38.5 Å². The third-order valence-electron chi connectivity index (χ3n) is 4.01. The van der Waals surface area contributed by atoms with Crippen molar-refractivity contribution in [1.82, 2.24) is 5.48 Å². The van der Waals surface area contributed by atoms with E-state index in [9.17, 15) is 13.2 Å². The summed E-state index contributed by atoms with van der Waals surface area (Å²) >= 11 is 0. The van der Waals surface area contributed by atoms with E-state index in [2.05, 4.69) is 16.6 Å². The average Bonchev–Trinajstić information content (AvgIpc) is 2.51. The molecule has 0 aromatic rings. The van der Waals surface area contributed by atoms with E-state index in [-0.39, 0.29) is 18.5 Å². The zero-order valence-electron chi connectivity index (χ0n) is 15.8. The molecule has 0 spiro atoms. The molecule has 2 N–H and O–H groups in total. The molecule has 0 saturated carbocycles. The summed E-state index contributed by atoms with van der Waals surface area (Å²) in [5.41, 5.74) is 2.52. The van der Waals surface area contributed by atoms with Crippen LogP contribution in [0.5, 0.6) is 0 Å². The summed E-state index contributed by atoms with van der Waals surface area (Å²) in [5.74, 6) is -0.414. The molecule has 7 nitrogen and oxygen atoms in total. The third kappa shape index (κ3) is 16.5. The molecule has 0 bridgehead atoms. The maximum Gasteiger partial charge on any atom is 0.397 e. The first-order valence-corrected chi connectivity index (χ1v) is 10.7. The molecule has 0 heterocycles. The van der Waals surface area contributed by atoms with Crippen molar-refractivity contribution in [3.05, 3.63) is 0 Å². The minimum atomic E-state index is -4.50. The second-order valence-electron chi connectivity index (χ2n) is 6.73. The molecule has 0 aromatic heterocycles. The Morgan fingerprint density at radius 1 is 1.00 bits per heavy atom. The highest BCUT2D eigenvalue weighted by Crippen LogP contribution is 2.11. The van der Waals surface area contributed by atoms with Crippen LogP contribution in [0.1, 0.15) is 85.0 Å². The first-order valence-electron chi connectivity index (χ1n) is 9.33. The van der Waals surface area contributed by atoms with Crippen molar-refractivity contribution in [3.63, 3.8) is 0 Å². The minimum absolute atomic E-state index is 0.0396. The summed E-state index contributed by atoms with van der Waals surface area (Å²) in [6, 6.07) is -0.519. The number of hydroxylamine groups is 1. The van der Waals surface area contributed by atoms with E-state index < -0.39 is 16.4 Å². The second-order valence-corrected chi connectivity index (χ2v) is 7.82. The molecule has 8 heteroatoms. The number of unbranched alkanes of at least 4 members (excludes halogenated alkanes) is 8. The number of rotatable bonds is 16. The predicted molar refractivity (Wildman–Crippen MR) is 97.2 cm³/mol. The fourth-order valence-corrected chi connectivity index (χ4v) is 2.61. The summed E-state index contributed by atoms with van der Waals surface area (Å²) in [7, 11) is -4.50. The summed E-state index contributed by atoms with van der Waals surface area (Å²) in [4.78, 5) is 16.6. The van der Waals surface area contributed by atoms with Gasteiger partial charge in [-0.3, -0.25) is 9.35 Å². The van der Waals surface area contributed by atoms with Crippen LogP contribution in [0.25, 0.3) is 0 Å². The van der Waals surface area contributed by atoms with E-state index in [1.54, 1.807) is 0 Å². The molecule has 1 unspecified atom stereocenters. The summed E-state index contributed by atoms with van der Waals surface area (Å²) in [6.07, 6.45) is 10.9. The smallest absolute Gasteiger partial charge is 0.370 e. The number of carbonyl (C=O) groups is 1. The number of carbonyl (C=O) groups excluding carboxylic acids is 1. The molecule has 0 radical (unpaired) electrons. The summed E-state index contributed by atoms with van der Waals surface area (Å²) in [6.45, 7) is 5.54. The van der Waals surface area contributed by atoms with Crippen LogP contribution in [-0.4, -0.2) is 31.6 Å². The second kappa shape index (κ2) is 14.5. The Morgan fingerprint density at radius 2 is 1.52 bits per heavy atom. The molecule has 0 rings (SSSR count). The van der Waals surface area contributed by atoms with Gasteiger partial charge < -0.3 is 4.84 Å². The Kier molecular flexibility index (Phi) is 14.1. The minimum Gasteiger partial charge on any atom is -0.370 e. The molecule has 25 heavy (non-hydrogen) atoms. The van der Waals surface area contributed by atoms with Crippen molar-refractivity contribution in [3.8, 4) is 0 Å². The predicted octanol–water partition coefficient (Wildman–Crippen LogP) is 3.80. The van der Waals surface area contributed by atoms with E-state index in [0.717, 1.165) is 19.3 Å². The fraction of sp³-hybridized carbons (Fsp3) is 0.941. The van der Waals surface area contributed by atoms with Gasteiger partial charge in [0.1, 0.15) is 0 Å². The highest BCUT2D eigenvalue weighted by molar-refractivity contribution is 7.80. The zero-order valence-corrected chi connectivity index (χ0v) is 16.6. The van der Waals surface area contributed by atoms with Crippen molar-refractivity contribution in [2.45, 2.75) is 91.0 Å². The quantitative estimate of drug-likeness (QED) is 0.238. The van der Waals surface area contributed by atoms with Gasteiger partial charge in [0.2, 0.25) is 0 Å². The van der Waals surface area contributed by atoms with Gasteiger partial charge >= 0.3 is 16.4 Å². The Hall–Kier alpha value is -0.700. The maximum absolute atomic E-state index is 11.7. The SMILES string of the molecule is CCCCCCCCCCCC(=O)ONC(COS(=O)(=O)O)C(C)C. The highest BCUT2D eigenvalue weighted by atomic mass is 32.3. The van der Waals surface area contributed by atoms with Gasteiger partial charge in [0.25, 0.3) is 0 Å². The Morgan fingerprint density at radius 3 is 2.00 bits per heavy atom. The lowest BCUT2D eigenvalue weighted by molar-refractivity contribution is -0.154. The van der Waals surface area contributed by atoms with Gasteiger partial charge in [-0.25, -0.2) is 4.18 Å². The zero-order chi connectivity index (χ0) is 19.1. The Balaban J connectivity index is 3.72. The van der Waals surface area contributed by atoms with Crippen molar-refractivity contribution >= 4 is 16.4 Å². The van der Waals surface area contributed by atoms with E-state index >= 15 is 0 Å². The monoisotopic (exact) mass is 381 g/mol. The number of hydrogen-bond donors (Lipinski definition) is 2. The van der Waals surface area contributed by atoms with Crippen LogP contribution in [0.15, 0.2) is 0 Å². The van der Waals surface area contributed by atoms with Gasteiger partial charge in [-0.15, -0.1) is 5.48 Å². The van der Waals surface area contributed by atoms with Crippen LogP contribution < -0.4 is 5.48 Å². The lowest BCUT2D eigenvalue weighted by atomic mass is 10.1. The number of nitrogens with one attached hydrogen (secondary N) is 1. The summed E-state index contributed by atoms with van der Waals surface area (Å²) in [5, 5.41) is 0. The van der Waals surface area contributed by atoms with Crippen LogP contribution >= 0.6 is 0 Å². The standard InChI is InChI=1S/C17H35NO6S/c1-4-5-6-7-8-9-10-11-12-13-17(19)24-18-16(15(2)3)14-23-25(20,21)22/h15-16,18H,4-14H2,1-3H3,(H,20,21,22). The Bertz CT molecular complexity index is 438. The van der Waals surface area contributed by atoms with Gasteiger partial charge in [0.05, 0.1) is 12.6 Å². The molecule has 0 aliphatic carbocycles. The van der Waals surface area contributed by atoms with E-state index in [1.807, 2.05) is 13.8 Å². The van der Waals surface area contributed by atoms with Crippen molar-refractivity contribution in [1.29, 1.82) is 0 Å². The van der Waals surface area contributed by atoms with E-state index in [0.29, 0.717) is 6.42 Å². The highest BCUT2D eigenvalue weighted by Gasteiger charge is 2.19. The van der Waals surface area contributed by atoms with Crippen molar-refractivity contribution < 1.29 is 26.8 Å².